The summed E-state index contributed by atoms with van der Waals surface area (Å²) in [6.45, 7) is 15.9. The van der Waals surface area contributed by atoms with Crippen molar-refractivity contribution < 1.29 is 14.0 Å². The largest absolute Gasteiger partial charge is 0.373 e. The van der Waals surface area contributed by atoms with E-state index in [1.54, 1.807) is 12.1 Å². The smallest absolute Gasteiger partial charge is 0.332 e. The molecule has 1 fully saturated rings. The van der Waals surface area contributed by atoms with Crippen LogP contribution in [0, 0.1) is 19.3 Å². The molecule has 2 aromatic rings. The van der Waals surface area contributed by atoms with Crippen molar-refractivity contribution in [3.8, 4) is 0 Å². The number of aryl methyl sites for hydroxylation is 1. The molecule has 0 bridgehead atoms. The number of halogens is 1. The number of likely N-dealkylation sites (tertiary alicyclic amines) is 1. The van der Waals surface area contributed by atoms with Crippen molar-refractivity contribution in [1.82, 2.24) is 4.90 Å². The third-order valence-corrected chi connectivity index (χ3v) is 5.76. The van der Waals surface area contributed by atoms with E-state index >= 15 is 0 Å². The fourth-order valence-corrected chi connectivity index (χ4v) is 4.30. The monoisotopic (exact) mass is 468 g/mol. The van der Waals surface area contributed by atoms with Crippen LogP contribution in [0.15, 0.2) is 36.4 Å². The van der Waals surface area contributed by atoms with Gasteiger partial charge in [-0.2, -0.15) is 9.59 Å². The van der Waals surface area contributed by atoms with Crippen LogP contribution >= 0.6 is 12.2 Å². The Hall–Kier alpha value is -3.11. The molecule has 6 nitrogen and oxygen atoms in total. The summed E-state index contributed by atoms with van der Waals surface area (Å²) in [6.07, 6.45) is 3.90. The standard InChI is InChI=1S/C24H29FN4S.CO2/c1-17(2)29(24(30)27-20-9-11-23(26-4)18(3)14-20)21-10-8-19(22(25)15-21)16-28-12-6-5-7-13-28;2-1-3/h8-11,14-15,17H,5-7,12-13,16H2,1-3H3,(H,27,30);. The summed E-state index contributed by atoms with van der Waals surface area (Å²) in [6, 6.07) is 11.0. The predicted octanol–water partition coefficient (Wildman–Crippen LogP) is 5.70. The van der Waals surface area contributed by atoms with E-state index in [9.17, 15) is 4.39 Å². The molecule has 0 radical (unpaired) electrons. The normalized spacial score (nSPS) is 13.3. The molecule has 174 valence electrons. The van der Waals surface area contributed by atoms with E-state index in [0.717, 1.165) is 35.6 Å². The van der Waals surface area contributed by atoms with Gasteiger partial charge in [-0.15, -0.1) is 0 Å². The van der Waals surface area contributed by atoms with Crippen molar-refractivity contribution in [3.05, 3.63) is 64.8 Å². The molecule has 2 aromatic carbocycles. The second-order valence-corrected chi connectivity index (χ2v) is 8.59. The van der Waals surface area contributed by atoms with Gasteiger partial charge in [0.1, 0.15) is 5.82 Å². The van der Waals surface area contributed by atoms with Gasteiger partial charge in [0.2, 0.25) is 0 Å². The number of anilines is 2. The molecule has 0 aromatic heterocycles. The molecule has 0 atom stereocenters. The van der Waals surface area contributed by atoms with Crippen LogP contribution in [0.3, 0.4) is 0 Å². The number of nitrogens with zero attached hydrogens (tertiary/aromatic N) is 3. The fourth-order valence-electron chi connectivity index (χ4n) is 3.86. The van der Waals surface area contributed by atoms with Crippen LogP contribution in [0.5, 0.6) is 0 Å². The van der Waals surface area contributed by atoms with Crippen LogP contribution in [0.1, 0.15) is 44.2 Å². The second-order valence-electron chi connectivity index (χ2n) is 8.20. The SMILES string of the molecule is O=C=O.[C-]#[N+]c1ccc(NC(=S)N(c2ccc(CN3CCCCC3)c(F)c2)C(C)C)cc1C. The molecule has 1 aliphatic rings. The number of nitrogens with one attached hydrogen (secondary N) is 1. The molecule has 8 heteroatoms. The molecule has 3 rings (SSSR count). The minimum absolute atomic E-state index is 0.0564. The van der Waals surface area contributed by atoms with E-state index in [2.05, 4.69) is 15.1 Å². The molecule has 0 unspecified atom stereocenters. The lowest BCUT2D eigenvalue weighted by atomic mass is 10.1. The van der Waals surface area contributed by atoms with E-state index in [0.29, 0.717) is 17.3 Å². The van der Waals surface area contributed by atoms with Crippen LogP contribution in [-0.2, 0) is 16.1 Å². The molecule has 1 aliphatic heterocycles. The molecule has 0 spiro atoms. The highest BCUT2D eigenvalue weighted by molar-refractivity contribution is 7.80. The average Bonchev–Trinajstić information content (AvgIpc) is 2.77. The van der Waals surface area contributed by atoms with E-state index in [-0.39, 0.29) is 18.0 Å². The molecule has 0 aliphatic carbocycles. The number of hydrogen-bond donors (Lipinski definition) is 1. The van der Waals surface area contributed by atoms with Crippen molar-refractivity contribution in [2.45, 2.75) is 52.6 Å². The molecule has 0 amide bonds. The zero-order chi connectivity index (χ0) is 24.4. The molecule has 0 saturated carbocycles. The first-order valence-corrected chi connectivity index (χ1v) is 11.3. The maximum atomic E-state index is 14.9. The minimum atomic E-state index is -0.191. The fraction of sp³-hybridized carbons (Fsp3) is 0.400. The van der Waals surface area contributed by atoms with Gasteiger partial charge in [-0.1, -0.05) is 18.6 Å². The van der Waals surface area contributed by atoms with Crippen molar-refractivity contribution >= 4 is 40.5 Å². The summed E-state index contributed by atoms with van der Waals surface area (Å²) < 4.78 is 14.9. The van der Waals surface area contributed by atoms with Gasteiger partial charge in [0.25, 0.3) is 0 Å². The van der Waals surface area contributed by atoms with E-state index in [4.69, 9.17) is 28.4 Å². The Morgan fingerprint density at radius 3 is 2.42 bits per heavy atom. The highest BCUT2D eigenvalue weighted by atomic mass is 32.1. The summed E-state index contributed by atoms with van der Waals surface area (Å²) in [4.78, 5) is 24.0. The van der Waals surface area contributed by atoms with Gasteiger partial charge in [-0.05, 0) is 88.7 Å². The third kappa shape index (κ3) is 7.47. The van der Waals surface area contributed by atoms with Gasteiger partial charge in [0.15, 0.2) is 10.8 Å². The summed E-state index contributed by atoms with van der Waals surface area (Å²) in [5.41, 5.74) is 3.80. The van der Waals surface area contributed by atoms with Gasteiger partial charge in [-0.25, -0.2) is 9.24 Å². The second kappa shape index (κ2) is 12.8. The molecular weight excluding hydrogens is 439 g/mol. The molecule has 1 heterocycles. The molecular formula is C25H29FN4O2S. The highest BCUT2D eigenvalue weighted by Crippen LogP contribution is 2.26. The van der Waals surface area contributed by atoms with E-state index in [1.807, 2.05) is 49.9 Å². The first-order chi connectivity index (χ1) is 15.8. The molecule has 1 N–H and O–H groups in total. The van der Waals surface area contributed by atoms with Crippen LogP contribution in [0.25, 0.3) is 4.85 Å². The lowest BCUT2D eigenvalue weighted by molar-refractivity contribution is -0.191. The quantitative estimate of drug-likeness (QED) is 0.449. The van der Waals surface area contributed by atoms with Gasteiger partial charge in [-0.3, -0.25) is 4.90 Å². The summed E-state index contributed by atoms with van der Waals surface area (Å²) >= 11 is 5.65. The summed E-state index contributed by atoms with van der Waals surface area (Å²) in [5, 5.41) is 3.74. The lowest BCUT2D eigenvalue weighted by Crippen LogP contribution is -2.40. The van der Waals surface area contributed by atoms with E-state index in [1.165, 1.54) is 19.3 Å². The number of piperidine rings is 1. The Labute approximate surface area is 200 Å². The van der Waals surface area contributed by atoms with Crippen molar-refractivity contribution in [2.24, 2.45) is 0 Å². The van der Waals surface area contributed by atoms with Gasteiger partial charge < -0.3 is 10.2 Å². The molecule has 33 heavy (non-hydrogen) atoms. The summed E-state index contributed by atoms with van der Waals surface area (Å²) in [7, 11) is 0. The van der Waals surface area contributed by atoms with Crippen LogP contribution < -0.4 is 10.2 Å². The zero-order valence-electron chi connectivity index (χ0n) is 19.2. The number of rotatable bonds is 5. The Bertz CT molecular complexity index is 1040. The maximum absolute atomic E-state index is 14.9. The average molecular weight is 469 g/mol. The first-order valence-electron chi connectivity index (χ1n) is 10.9. The van der Waals surface area contributed by atoms with Crippen molar-refractivity contribution in [2.75, 3.05) is 23.3 Å². The topological polar surface area (TPSA) is 57.0 Å². The highest BCUT2D eigenvalue weighted by Gasteiger charge is 2.19. The van der Waals surface area contributed by atoms with E-state index < -0.39 is 0 Å². The lowest BCUT2D eigenvalue weighted by Gasteiger charge is -2.31. The maximum Gasteiger partial charge on any atom is 0.373 e. The van der Waals surface area contributed by atoms with Crippen LogP contribution in [0.2, 0.25) is 0 Å². The Kier molecular flexibility index (Phi) is 10.1. The number of carbonyl (C=O) groups excluding carboxylic acids is 2. The van der Waals surface area contributed by atoms with Crippen molar-refractivity contribution in [1.29, 1.82) is 0 Å². The number of benzene rings is 2. The molecule has 1 saturated heterocycles. The minimum Gasteiger partial charge on any atom is -0.332 e. The van der Waals surface area contributed by atoms with Crippen LogP contribution in [-0.4, -0.2) is 35.3 Å². The summed E-state index contributed by atoms with van der Waals surface area (Å²) in [5.74, 6) is -0.191. The van der Waals surface area contributed by atoms with Gasteiger partial charge in [0, 0.05) is 29.5 Å². The number of hydrogen-bond acceptors (Lipinski definition) is 4. The Morgan fingerprint density at radius 2 is 1.88 bits per heavy atom. The third-order valence-electron chi connectivity index (χ3n) is 5.46. The predicted molar refractivity (Wildman–Crippen MR) is 132 cm³/mol. The number of thiocarbonyl (C=S) groups is 1. The van der Waals surface area contributed by atoms with Gasteiger partial charge >= 0.3 is 6.15 Å². The zero-order valence-corrected chi connectivity index (χ0v) is 20.0. The van der Waals surface area contributed by atoms with Crippen molar-refractivity contribution in [3.63, 3.8) is 0 Å². The Morgan fingerprint density at radius 1 is 1.21 bits per heavy atom. The van der Waals surface area contributed by atoms with Crippen LogP contribution in [0.4, 0.5) is 21.5 Å². The first kappa shape index (κ1) is 26.1. The van der Waals surface area contributed by atoms with Gasteiger partial charge in [0.05, 0.1) is 6.57 Å². The Balaban J connectivity index is 0.00000122.